The van der Waals surface area contributed by atoms with E-state index in [4.69, 9.17) is 9.47 Å². The van der Waals surface area contributed by atoms with E-state index >= 15 is 0 Å². The summed E-state index contributed by atoms with van der Waals surface area (Å²) >= 11 is 0. The topological polar surface area (TPSA) is 76.2 Å². The van der Waals surface area contributed by atoms with Gasteiger partial charge in [0.2, 0.25) is 10.0 Å². The smallest absolute Gasteiger partial charge is 0.254 e. The van der Waals surface area contributed by atoms with E-state index in [1.165, 1.54) is 4.31 Å². The molecule has 4 aliphatic rings. The number of methoxy groups -OCH3 is 2. The molecule has 1 amide bonds. The number of sulfonamides is 1. The third-order valence-electron chi connectivity index (χ3n) is 9.20. The molecule has 2 heterocycles. The minimum atomic E-state index is -3.66. The second kappa shape index (κ2) is 7.47. The molecule has 0 radical (unpaired) electrons. The van der Waals surface area contributed by atoms with Crippen LogP contribution < -0.4 is 9.47 Å². The highest BCUT2D eigenvalue weighted by atomic mass is 32.2. The summed E-state index contributed by atoms with van der Waals surface area (Å²) < 4.78 is 39.0. The Morgan fingerprint density at radius 1 is 1.21 bits per heavy atom. The monoisotopic (exact) mass is 474 g/mol. The van der Waals surface area contributed by atoms with Gasteiger partial charge in [-0.2, -0.15) is 0 Å². The van der Waals surface area contributed by atoms with Crippen LogP contribution in [0, 0.1) is 16.7 Å². The third kappa shape index (κ3) is 3.02. The van der Waals surface area contributed by atoms with Gasteiger partial charge in [-0.3, -0.25) is 9.69 Å². The van der Waals surface area contributed by atoms with Crippen LogP contribution in [0.15, 0.2) is 24.8 Å². The predicted molar refractivity (Wildman–Crippen MR) is 125 cm³/mol. The van der Waals surface area contributed by atoms with Gasteiger partial charge < -0.3 is 9.47 Å². The van der Waals surface area contributed by atoms with Crippen molar-refractivity contribution in [2.24, 2.45) is 16.7 Å². The van der Waals surface area contributed by atoms with E-state index in [-0.39, 0.29) is 28.5 Å². The molecule has 5 rings (SSSR count). The maximum absolute atomic E-state index is 14.0. The molecule has 180 valence electrons. The van der Waals surface area contributed by atoms with Crippen molar-refractivity contribution in [2.45, 2.75) is 64.7 Å². The third-order valence-corrected chi connectivity index (χ3v) is 11.1. The molecule has 7 nitrogen and oxygen atoms in total. The molecule has 0 N–H and O–H groups in total. The molecule has 8 heteroatoms. The maximum Gasteiger partial charge on any atom is 0.254 e. The lowest BCUT2D eigenvalue weighted by Gasteiger charge is -2.38. The first-order chi connectivity index (χ1) is 15.6. The molecule has 1 aromatic carbocycles. The minimum absolute atomic E-state index is 0.0648. The van der Waals surface area contributed by atoms with Crippen molar-refractivity contribution in [2.75, 3.05) is 20.0 Å². The Labute approximate surface area is 196 Å². The van der Waals surface area contributed by atoms with E-state index in [2.05, 4.69) is 25.3 Å². The molecule has 1 aromatic rings. The summed E-state index contributed by atoms with van der Waals surface area (Å²) in [4.78, 5) is 16.0. The molecule has 1 saturated heterocycles. The van der Waals surface area contributed by atoms with Gasteiger partial charge in [-0.05, 0) is 60.3 Å². The number of ether oxygens (including phenoxy) is 2. The van der Waals surface area contributed by atoms with Crippen molar-refractivity contribution >= 4 is 15.9 Å². The largest absolute Gasteiger partial charge is 0.493 e. The van der Waals surface area contributed by atoms with Gasteiger partial charge in [-0.1, -0.05) is 19.9 Å². The summed E-state index contributed by atoms with van der Waals surface area (Å²) in [6.45, 7) is 9.37. The summed E-state index contributed by atoms with van der Waals surface area (Å²) in [6.07, 6.45) is 4.85. The summed E-state index contributed by atoms with van der Waals surface area (Å²) in [6, 6.07) is 3.10. The first-order valence-corrected chi connectivity index (χ1v) is 13.3. The fraction of sp³-hybridized carbons (Fsp3) is 0.640. The molecule has 2 aliphatic carbocycles. The molecule has 3 fully saturated rings. The number of carbonyl (C=O) groups is 1. The normalized spacial score (nSPS) is 31.8. The lowest BCUT2D eigenvalue weighted by molar-refractivity contribution is -0.135. The van der Waals surface area contributed by atoms with Crippen molar-refractivity contribution in [3.63, 3.8) is 0 Å². The van der Waals surface area contributed by atoms with E-state index in [9.17, 15) is 13.2 Å². The Morgan fingerprint density at radius 2 is 1.82 bits per heavy atom. The highest BCUT2D eigenvalue weighted by Crippen LogP contribution is 2.70. The fourth-order valence-electron chi connectivity index (χ4n) is 7.26. The average Bonchev–Trinajstić information content (AvgIpc) is 3.41. The fourth-order valence-corrected chi connectivity index (χ4v) is 9.83. The summed E-state index contributed by atoms with van der Waals surface area (Å²) in [5.74, 6) is 1.57. The molecular formula is C25H34N2O5S. The molecule has 3 unspecified atom stereocenters. The summed E-state index contributed by atoms with van der Waals surface area (Å²) in [5.41, 5.74) is 1.75. The SMILES string of the molecule is C=CC[C@@H](C(=O)N1C2CC3CCC2(CS1(=O)=O)C3(C)C)N1Cc2cc(OC)c(OC)cc2C1. The molecule has 2 aliphatic heterocycles. The molecule has 2 bridgehead atoms. The van der Waals surface area contributed by atoms with Gasteiger partial charge in [-0.25, -0.2) is 12.7 Å². The number of nitrogens with zero attached hydrogens (tertiary/aromatic N) is 2. The Morgan fingerprint density at radius 3 is 2.33 bits per heavy atom. The van der Waals surface area contributed by atoms with Crippen molar-refractivity contribution < 1.29 is 22.7 Å². The number of rotatable bonds is 6. The molecule has 0 aromatic heterocycles. The van der Waals surface area contributed by atoms with Gasteiger partial charge >= 0.3 is 0 Å². The van der Waals surface area contributed by atoms with Gasteiger partial charge in [0, 0.05) is 18.5 Å². The van der Waals surface area contributed by atoms with Crippen LogP contribution in [0.5, 0.6) is 11.5 Å². The number of benzene rings is 1. The van der Waals surface area contributed by atoms with E-state index < -0.39 is 16.1 Å². The predicted octanol–water partition coefficient (Wildman–Crippen LogP) is 3.33. The van der Waals surface area contributed by atoms with Gasteiger partial charge in [0.15, 0.2) is 11.5 Å². The Kier molecular flexibility index (Phi) is 5.14. The van der Waals surface area contributed by atoms with Crippen LogP contribution in [0.3, 0.4) is 0 Å². The maximum atomic E-state index is 14.0. The highest BCUT2D eigenvalue weighted by molar-refractivity contribution is 7.90. The van der Waals surface area contributed by atoms with Gasteiger partial charge in [0.25, 0.3) is 5.91 Å². The van der Waals surface area contributed by atoms with Crippen molar-refractivity contribution in [3.05, 3.63) is 35.9 Å². The van der Waals surface area contributed by atoms with Gasteiger partial charge in [0.1, 0.15) is 0 Å². The number of amides is 1. The van der Waals surface area contributed by atoms with Gasteiger partial charge in [0.05, 0.1) is 32.1 Å². The average molecular weight is 475 g/mol. The second-order valence-electron chi connectivity index (χ2n) is 10.7. The Bertz CT molecular complexity index is 1080. The molecule has 4 atom stereocenters. The Balaban J connectivity index is 1.46. The molecule has 2 saturated carbocycles. The van der Waals surface area contributed by atoms with E-state index in [0.717, 1.165) is 30.4 Å². The Hall–Kier alpha value is -2.06. The van der Waals surface area contributed by atoms with Crippen LogP contribution in [-0.2, 0) is 27.9 Å². The standard InChI is InChI=1S/C25H34N2O5S/c1-6-7-19(26-13-16-10-20(31-4)21(32-5)11-17(16)14-26)23(28)27-22-12-18-8-9-25(22,24(18,2)3)15-33(27,29)30/h6,10-11,18-19,22H,1,7-9,12-15H2,2-5H3/t18?,19-,22?,25?/m0/s1. The van der Waals surface area contributed by atoms with E-state index in [0.29, 0.717) is 36.9 Å². The summed E-state index contributed by atoms with van der Waals surface area (Å²) in [7, 11) is -0.453. The van der Waals surface area contributed by atoms with Crippen LogP contribution in [0.4, 0.5) is 0 Å². The number of hydrogen-bond donors (Lipinski definition) is 0. The zero-order valence-electron chi connectivity index (χ0n) is 20.0. The van der Waals surface area contributed by atoms with Crippen LogP contribution >= 0.6 is 0 Å². The van der Waals surface area contributed by atoms with Crippen LogP contribution in [0.2, 0.25) is 0 Å². The second-order valence-corrected chi connectivity index (χ2v) is 12.5. The first kappa shape index (κ1) is 22.7. The van der Waals surface area contributed by atoms with Crippen molar-refractivity contribution in [1.82, 2.24) is 9.21 Å². The van der Waals surface area contributed by atoms with Crippen molar-refractivity contribution in [3.8, 4) is 11.5 Å². The minimum Gasteiger partial charge on any atom is -0.493 e. The van der Waals surface area contributed by atoms with Crippen molar-refractivity contribution in [1.29, 1.82) is 0 Å². The molecular weight excluding hydrogens is 440 g/mol. The van der Waals surface area contributed by atoms with E-state index in [1.54, 1.807) is 20.3 Å². The quantitative estimate of drug-likeness (QED) is 0.589. The van der Waals surface area contributed by atoms with Crippen LogP contribution in [0.1, 0.15) is 50.7 Å². The number of hydrogen-bond acceptors (Lipinski definition) is 6. The lowest BCUT2D eigenvalue weighted by atomic mass is 9.69. The first-order valence-electron chi connectivity index (χ1n) is 11.7. The molecule has 1 spiro atoms. The zero-order chi connectivity index (χ0) is 23.8. The lowest BCUT2D eigenvalue weighted by Crippen LogP contribution is -2.51. The highest BCUT2D eigenvalue weighted by Gasteiger charge is 2.72. The van der Waals surface area contributed by atoms with Crippen LogP contribution in [-0.4, -0.2) is 55.6 Å². The van der Waals surface area contributed by atoms with E-state index in [1.807, 2.05) is 12.1 Å². The van der Waals surface area contributed by atoms with Gasteiger partial charge in [-0.15, -0.1) is 6.58 Å². The number of carbonyl (C=O) groups excluding carboxylic acids is 1. The molecule has 33 heavy (non-hydrogen) atoms. The van der Waals surface area contributed by atoms with Crippen LogP contribution in [0.25, 0.3) is 0 Å². The zero-order valence-corrected chi connectivity index (χ0v) is 20.8. The summed E-state index contributed by atoms with van der Waals surface area (Å²) in [5, 5.41) is 0. The number of fused-ring (bicyclic) bond motifs is 2.